The monoisotopic (exact) mass is 255 g/mol. The minimum atomic E-state index is -0.162. The lowest BCUT2D eigenvalue weighted by molar-refractivity contribution is 0.0967. The highest BCUT2D eigenvalue weighted by atomic mass is 35.5. The van der Waals surface area contributed by atoms with Crippen LogP contribution in [0, 0.1) is 0 Å². The van der Waals surface area contributed by atoms with Crippen molar-refractivity contribution in [1.29, 1.82) is 0 Å². The van der Waals surface area contributed by atoms with E-state index in [0.29, 0.717) is 9.90 Å². The maximum atomic E-state index is 11.5. The molecule has 5 heteroatoms. The van der Waals surface area contributed by atoms with Gasteiger partial charge in [0.25, 0.3) is 5.91 Å². The Balaban J connectivity index is 2.63. The third kappa shape index (κ3) is 1.74. The summed E-state index contributed by atoms with van der Waals surface area (Å²) in [4.78, 5) is 12.1. The highest BCUT2D eigenvalue weighted by Gasteiger charge is 2.16. The second-order valence-corrected chi connectivity index (χ2v) is 4.62. The molecule has 0 unspecified atom stereocenters. The van der Waals surface area contributed by atoms with Gasteiger partial charge in [0.2, 0.25) is 0 Å². The van der Waals surface area contributed by atoms with Gasteiger partial charge in [0.1, 0.15) is 10.6 Å². The molecular weight excluding hydrogens is 246 g/mol. The van der Waals surface area contributed by atoms with E-state index in [4.69, 9.17) is 16.3 Å². The zero-order valence-corrected chi connectivity index (χ0v) is 10.4. The molecule has 0 aliphatic rings. The lowest BCUT2D eigenvalue weighted by Crippen LogP contribution is -2.16. The van der Waals surface area contributed by atoms with Gasteiger partial charge in [-0.1, -0.05) is 11.6 Å². The van der Waals surface area contributed by atoms with Gasteiger partial charge in [0.05, 0.1) is 12.1 Å². The van der Waals surface area contributed by atoms with E-state index in [2.05, 4.69) is 5.32 Å². The number of methoxy groups -OCH3 is 1. The summed E-state index contributed by atoms with van der Waals surface area (Å²) in [6.45, 7) is 0. The minimum absolute atomic E-state index is 0.162. The maximum Gasteiger partial charge on any atom is 0.262 e. The van der Waals surface area contributed by atoms with Gasteiger partial charge in [0, 0.05) is 17.1 Å². The third-order valence-corrected chi connectivity index (χ3v) is 3.93. The van der Waals surface area contributed by atoms with E-state index in [9.17, 15) is 4.79 Å². The van der Waals surface area contributed by atoms with Gasteiger partial charge in [0.15, 0.2) is 0 Å². The Kier molecular flexibility index (Phi) is 3.03. The van der Waals surface area contributed by atoms with Crippen LogP contribution in [0.5, 0.6) is 5.75 Å². The van der Waals surface area contributed by atoms with Crippen LogP contribution in [0.3, 0.4) is 0 Å². The number of thiophene rings is 1. The molecule has 1 N–H and O–H groups in total. The third-order valence-electron chi connectivity index (χ3n) is 2.27. The van der Waals surface area contributed by atoms with Gasteiger partial charge in [-0.15, -0.1) is 11.3 Å². The van der Waals surface area contributed by atoms with E-state index in [1.165, 1.54) is 11.3 Å². The van der Waals surface area contributed by atoms with E-state index < -0.39 is 0 Å². The predicted molar refractivity (Wildman–Crippen MR) is 66.8 cm³/mol. The molecule has 1 amide bonds. The molecule has 3 nitrogen and oxygen atoms in total. The summed E-state index contributed by atoms with van der Waals surface area (Å²) >= 11 is 7.50. The van der Waals surface area contributed by atoms with E-state index in [-0.39, 0.29) is 5.91 Å². The number of nitrogens with one attached hydrogen (secondary N) is 1. The maximum absolute atomic E-state index is 11.5. The van der Waals surface area contributed by atoms with Gasteiger partial charge in [-0.25, -0.2) is 0 Å². The van der Waals surface area contributed by atoms with Crippen LogP contribution in [-0.4, -0.2) is 20.1 Å². The van der Waals surface area contributed by atoms with Crippen molar-refractivity contribution < 1.29 is 9.53 Å². The van der Waals surface area contributed by atoms with Crippen molar-refractivity contribution in [2.75, 3.05) is 14.2 Å². The molecule has 0 aliphatic carbocycles. The Hall–Kier alpha value is -1.26. The molecular formula is C11H10ClNO2S. The normalized spacial score (nSPS) is 10.4. The van der Waals surface area contributed by atoms with Gasteiger partial charge < -0.3 is 10.1 Å². The molecule has 1 aromatic heterocycles. The lowest BCUT2D eigenvalue weighted by atomic mass is 10.2. The molecule has 16 heavy (non-hydrogen) atoms. The number of carbonyl (C=O) groups excluding carboxylic acids is 1. The zero-order chi connectivity index (χ0) is 11.7. The van der Waals surface area contributed by atoms with Crippen LogP contribution in [0.2, 0.25) is 5.02 Å². The molecule has 0 bridgehead atoms. The molecule has 0 atom stereocenters. The zero-order valence-electron chi connectivity index (χ0n) is 8.83. The number of hydrogen-bond donors (Lipinski definition) is 1. The van der Waals surface area contributed by atoms with Crippen molar-refractivity contribution in [2.45, 2.75) is 0 Å². The second kappa shape index (κ2) is 4.31. The lowest BCUT2D eigenvalue weighted by Gasteiger charge is -1.97. The van der Waals surface area contributed by atoms with E-state index in [1.807, 2.05) is 18.2 Å². The highest BCUT2D eigenvalue weighted by molar-refractivity contribution is 7.21. The summed E-state index contributed by atoms with van der Waals surface area (Å²) < 4.78 is 6.07. The molecule has 1 heterocycles. The van der Waals surface area contributed by atoms with Crippen molar-refractivity contribution in [2.24, 2.45) is 0 Å². The first-order valence-corrected chi connectivity index (χ1v) is 5.85. The molecule has 0 saturated carbocycles. The fourth-order valence-corrected chi connectivity index (χ4v) is 2.92. The number of halogens is 1. The first-order chi connectivity index (χ1) is 7.67. The topological polar surface area (TPSA) is 38.3 Å². The Morgan fingerprint density at radius 1 is 1.50 bits per heavy atom. The van der Waals surface area contributed by atoms with Crippen molar-refractivity contribution in [1.82, 2.24) is 5.32 Å². The molecule has 1 aromatic carbocycles. The van der Waals surface area contributed by atoms with Crippen molar-refractivity contribution in [3.05, 3.63) is 28.1 Å². The van der Waals surface area contributed by atoms with E-state index in [1.54, 1.807) is 14.2 Å². The average Bonchev–Trinajstić information content (AvgIpc) is 2.65. The van der Waals surface area contributed by atoms with E-state index in [0.717, 1.165) is 15.8 Å². The van der Waals surface area contributed by atoms with Gasteiger partial charge in [-0.05, 0) is 18.2 Å². The van der Waals surface area contributed by atoms with Crippen molar-refractivity contribution >= 4 is 38.9 Å². The number of fused-ring (bicyclic) bond motifs is 1. The number of hydrogen-bond acceptors (Lipinski definition) is 3. The molecule has 84 valence electrons. The van der Waals surface area contributed by atoms with Crippen LogP contribution in [0.15, 0.2) is 18.2 Å². The smallest absolute Gasteiger partial charge is 0.262 e. The quantitative estimate of drug-likeness (QED) is 0.896. The predicted octanol–water partition coefficient (Wildman–Crippen LogP) is 2.92. The highest BCUT2D eigenvalue weighted by Crippen LogP contribution is 2.37. The number of ether oxygens (including phenoxy) is 1. The summed E-state index contributed by atoms with van der Waals surface area (Å²) in [7, 11) is 3.19. The summed E-state index contributed by atoms with van der Waals surface area (Å²) in [5.74, 6) is 0.596. The molecule has 0 radical (unpaired) electrons. The Morgan fingerprint density at radius 2 is 2.25 bits per heavy atom. The van der Waals surface area contributed by atoms with Gasteiger partial charge >= 0.3 is 0 Å². The molecule has 2 rings (SSSR count). The van der Waals surface area contributed by atoms with Crippen LogP contribution in [0.1, 0.15) is 9.67 Å². The summed E-state index contributed by atoms with van der Waals surface area (Å²) in [6.07, 6.45) is 0. The van der Waals surface area contributed by atoms with Gasteiger partial charge in [-0.3, -0.25) is 4.79 Å². The Labute approximate surface area is 102 Å². The molecule has 0 saturated heterocycles. The summed E-state index contributed by atoms with van der Waals surface area (Å²) in [6, 6.07) is 5.56. The van der Waals surface area contributed by atoms with E-state index >= 15 is 0 Å². The largest absolute Gasteiger partial charge is 0.497 e. The second-order valence-electron chi connectivity index (χ2n) is 3.19. The van der Waals surface area contributed by atoms with Crippen LogP contribution in [0.25, 0.3) is 10.1 Å². The standard InChI is InChI=1S/C11H10ClNO2S/c1-13-11(14)10-9(12)7-4-3-6(15-2)5-8(7)16-10/h3-5H,1-2H3,(H,13,14). The van der Waals surface area contributed by atoms with Crippen LogP contribution in [-0.2, 0) is 0 Å². The average molecular weight is 256 g/mol. The van der Waals surface area contributed by atoms with Crippen LogP contribution in [0.4, 0.5) is 0 Å². The number of carbonyl (C=O) groups is 1. The Morgan fingerprint density at radius 3 is 2.88 bits per heavy atom. The molecule has 0 fully saturated rings. The summed E-state index contributed by atoms with van der Waals surface area (Å²) in [5, 5.41) is 3.95. The first kappa shape index (κ1) is 11.2. The Bertz CT molecular complexity index is 550. The molecule has 2 aromatic rings. The first-order valence-electron chi connectivity index (χ1n) is 4.65. The molecule has 0 spiro atoms. The fourth-order valence-electron chi connectivity index (χ4n) is 1.43. The minimum Gasteiger partial charge on any atom is -0.497 e. The van der Waals surface area contributed by atoms with Crippen LogP contribution < -0.4 is 10.1 Å². The van der Waals surface area contributed by atoms with Gasteiger partial charge in [-0.2, -0.15) is 0 Å². The number of rotatable bonds is 2. The van der Waals surface area contributed by atoms with Crippen molar-refractivity contribution in [3.8, 4) is 5.75 Å². The fraction of sp³-hybridized carbons (Fsp3) is 0.182. The SMILES string of the molecule is CNC(=O)c1sc2cc(OC)ccc2c1Cl. The number of amides is 1. The summed E-state index contributed by atoms with van der Waals surface area (Å²) in [5.41, 5.74) is 0. The molecule has 0 aliphatic heterocycles. The van der Waals surface area contributed by atoms with Crippen molar-refractivity contribution in [3.63, 3.8) is 0 Å². The number of benzene rings is 1. The van der Waals surface area contributed by atoms with Crippen LogP contribution >= 0.6 is 22.9 Å².